The van der Waals surface area contributed by atoms with Crippen molar-refractivity contribution in [1.29, 1.82) is 0 Å². The first kappa shape index (κ1) is 12.0. The average molecular weight is 232 g/mol. The zero-order valence-corrected chi connectivity index (χ0v) is 11.0. The molecule has 0 aliphatic carbocycles. The van der Waals surface area contributed by atoms with Crippen LogP contribution >= 0.6 is 0 Å². The number of hydrogen-bond acceptors (Lipinski definition) is 2. The Morgan fingerprint density at radius 3 is 2.71 bits per heavy atom. The van der Waals surface area contributed by atoms with E-state index in [1.807, 2.05) is 6.07 Å². The maximum Gasteiger partial charge on any atom is 0.119 e. The van der Waals surface area contributed by atoms with Crippen molar-refractivity contribution in [2.45, 2.75) is 19.5 Å². The standard InChI is InChI=1S/C14H20N2O/c1-11(15(2)3)10-16-8-7-12-9-13(17-4)5-6-14(12)16/h5-9,11H,10H2,1-4H3/t11-/m0/s1. The van der Waals surface area contributed by atoms with Gasteiger partial charge in [-0.1, -0.05) is 0 Å². The van der Waals surface area contributed by atoms with Gasteiger partial charge in [0.2, 0.25) is 0 Å². The molecule has 0 amide bonds. The first-order valence-electron chi connectivity index (χ1n) is 5.91. The molecule has 0 saturated carbocycles. The van der Waals surface area contributed by atoms with Gasteiger partial charge in [-0.2, -0.15) is 0 Å². The van der Waals surface area contributed by atoms with Gasteiger partial charge in [0.1, 0.15) is 5.75 Å². The van der Waals surface area contributed by atoms with Crippen LogP contribution in [0.4, 0.5) is 0 Å². The molecule has 2 aromatic rings. The Morgan fingerprint density at radius 2 is 2.06 bits per heavy atom. The molecule has 0 radical (unpaired) electrons. The highest BCUT2D eigenvalue weighted by Gasteiger charge is 2.08. The molecule has 92 valence electrons. The Balaban J connectivity index is 2.30. The second-order valence-corrected chi connectivity index (χ2v) is 4.71. The number of fused-ring (bicyclic) bond motifs is 1. The zero-order valence-electron chi connectivity index (χ0n) is 11.0. The molecule has 2 rings (SSSR count). The number of aromatic nitrogens is 1. The summed E-state index contributed by atoms with van der Waals surface area (Å²) in [5.41, 5.74) is 1.26. The molecule has 17 heavy (non-hydrogen) atoms. The third kappa shape index (κ3) is 2.44. The van der Waals surface area contributed by atoms with Crippen LogP contribution in [0.5, 0.6) is 5.75 Å². The molecule has 3 nitrogen and oxygen atoms in total. The van der Waals surface area contributed by atoms with Crippen molar-refractivity contribution in [3.63, 3.8) is 0 Å². The number of ether oxygens (including phenoxy) is 1. The van der Waals surface area contributed by atoms with Gasteiger partial charge in [-0.05, 0) is 45.3 Å². The summed E-state index contributed by atoms with van der Waals surface area (Å²) in [6.07, 6.45) is 2.14. The van der Waals surface area contributed by atoms with Crippen molar-refractivity contribution in [3.05, 3.63) is 30.5 Å². The van der Waals surface area contributed by atoms with E-state index >= 15 is 0 Å². The molecule has 0 fully saturated rings. The van der Waals surface area contributed by atoms with E-state index in [0.29, 0.717) is 6.04 Å². The fraction of sp³-hybridized carbons (Fsp3) is 0.429. The van der Waals surface area contributed by atoms with Gasteiger partial charge in [-0.15, -0.1) is 0 Å². The second kappa shape index (κ2) is 4.80. The zero-order chi connectivity index (χ0) is 12.4. The minimum Gasteiger partial charge on any atom is -0.497 e. The van der Waals surface area contributed by atoms with E-state index in [1.165, 1.54) is 10.9 Å². The molecule has 0 spiro atoms. The minimum absolute atomic E-state index is 0.521. The van der Waals surface area contributed by atoms with Crippen LogP contribution in [0.15, 0.2) is 30.5 Å². The van der Waals surface area contributed by atoms with E-state index in [-0.39, 0.29) is 0 Å². The van der Waals surface area contributed by atoms with E-state index in [2.05, 4.69) is 54.9 Å². The van der Waals surface area contributed by atoms with E-state index in [0.717, 1.165) is 12.3 Å². The number of likely N-dealkylation sites (N-methyl/N-ethyl adjacent to an activating group) is 1. The molecule has 0 N–H and O–H groups in total. The number of hydrogen-bond donors (Lipinski definition) is 0. The molecular formula is C14H20N2O. The normalized spacial score (nSPS) is 13.2. The Kier molecular flexibility index (Phi) is 3.38. The highest BCUT2D eigenvalue weighted by Crippen LogP contribution is 2.22. The summed E-state index contributed by atoms with van der Waals surface area (Å²) in [5.74, 6) is 0.913. The van der Waals surface area contributed by atoms with Gasteiger partial charge in [0.25, 0.3) is 0 Å². The third-order valence-electron chi connectivity index (χ3n) is 3.32. The van der Waals surface area contributed by atoms with Crippen LogP contribution in [0.1, 0.15) is 6.92 Å². The predicted molar refractivity (Wildman–Crippen MR) is 71.6 cm³/mol. The predicted octanol–water partition coefficient (Wildman–Crippen LogP) is 2.60. The lowest BCUT2D eigenvalue weighted by Gasteiger charge is -2.20. The second-order valence-electron chi connectivity index (χ2n) is 4.71. The highest BCUT2D eigenvalue weighted by atomic mass is 16.5. The van der Waals surface area contributed by atoms with Gasteiger partial charge in [0.15, 0.2) is 0 Å². The molecule has 1 heterocycles. The Morgan fingerprint density at radius 1 is 1.29 bits per heavy atom. The van der Waals surface area contributed by atoms with Crippen molar-refractivity contribution in [3.8, 4) is 5.75 Å². The molecule has 1 aromatic heterocycles. The van der Waals surface area contributed by atoms with E-state index in [4.69, 9.17) is 4.74 Å². The number of nitrogens with zero attached hydrogens (tertiary/aromatic N) is 2. The van der Waals surface area contributed by atoms with E-state index < -0.39 is 0 Å². The molecule has 0 aliphatic rings. The van der Waals surface area contributed by atoms with Gasteiger partial charge >= 0.3 is 0 Å². The molecule has 1 atom stereocenters. The Labute approximate surface area is 103 Å². The van der Waals surface area contributed by atoms with Crippen molar-refractivity contribution < 1.29 is 4.74 Å². The molecular weight excluding hydrogens is 212 g/mol. The fourth-order valence-electron chi connectivity index (χ4n) is 1.91. The highest BCUT2D eigenvalue weighted by molar-refractivity contribution is 5.81. The van der Waals surface area contributed by atoms with Crippen LogP contribution in [-0.2, 0) is 6.54 Å². The summed E-state index contributed by atoms with van der Waals surface area (Å²) in [5, 5.41) is 1.23. The van der Waals surface area contributed by atoms with E-state index in [1.54, 1.807) is 7.11 Å². The quantitative estimate of drug-likeness (QED) is 0.806. The Hall–Kier alpha value is -1.48. The van der Waals surface area contributed by atoms with Gasteiger partial charge in [0, 0.05) is 29.7 Å². The molecule has 0 saturated heterocycles. The van der Waals surface area contributed by atoms with Gasteiger partial charge < -0.3 is 14.2 Å². The van der Waals surface area contributed by atoms with Crippen LogP contribution in [0.3, 0.4) is 0 Å². The topological polar surface area (TPSA) is 17.4 Å². The van der Waals surface area contributed by atoms with Crippen molar-refractivity contribution in [1.82, 2.24) is 9.47 Å². The smallest absolute Gasteiger partial charge is 0.119 e. The molecule has 0 aliphatic heterocycles. The van der Waals surface area contributed by atoms with Crippen molar-refractivity contribution >= 4 is 10.9 Å². The number of benzene rings is 1. The maximum absolute atomic E-state index is 5.23. The largest absolute Gasteiger partial charge is 0.497 e. The SMILES string of the molecule is COc1ccc2c(ccn2C[C@H](C)N(C)C)c1. The summed E-state index contributed by atoms with van der Waals surface area (Å²) >= 11 is 0. The van der Waals surface area contributed by atoms with E-state index in [9.17, 15) is 0 Å². The maximum atomic E-state index is 5.23. The first-order valence-corrected chi connectivity index (χ1v) is 5.91. The fourth-order valence-corrected chi connectivity index (χ4v) is 1.91. The number of rotatable bonds is 4. The lowest BCUT2D eigenvalue weighted by molar-refractivity contribution is 0.286. The summed E-state index contributed by atoms with van der Waals surface area (Å²) in [6, 6.07) is 8.87. The monoisotopic (exact) mass is 232 g/mol. The Bertz CT molecular complexity index is 502. The molecule has 0 bridgehead atoms. The van der Waals surface area contributed by atoms with Crippen molar-refractivity contribution in [2.75, 3.05) is 21.2 Å². The first-order chi connectivity index (χ1) is 8.11. The van der Waals surface area contributed by atoms with Crippen LogP contribution < -0.4 is 4.74 Å². The third-order valence-corrected chi connectivity index (χ3v) is 3.32. The molecule has 1 aromatic carbocycles. The number of methoxy groups -OCH3 is 1. The van der Waals surface area contributed by atoms with Crippen LogP contribution in [0.25, 0.3) is 10.9 Å². The summed E-state index contributed by atoms with van der Waals surface area (Å²) < 4.78 is 7.52. The van der Waals surface area contributed by atoms with Crippen molar-refractivity contribution in [2.24, 2.45) is 0 Å². The summed E-state index contributed by atoms with van der Waals surface area (Å²) in [6.45, 7) is 3.23. The van der Waals surface area contributed by atoms with Gasteiger partial charge in [0.05, 0.1) is 7.11 Å². The summed E-state index contributed by atoms with van der Waals surface area (Å²) in [4.78, 5) is 2.23. The van der Waals surface area contributed by atoms with Crippen LogP contribution in [-0.4, -0.2) is 36.7 Å². The van der Waals surface area contributed by atoms with Crippen LogP contribution in [0.2, 0.25) is 0 Å². The lowest BCUT2D eigenvalue weighted by atomic mass is 10.2. The van der Waals surface area contributed by atoms with Crippen LogP contribution in [0, 0.1) is 0 Å². The van der Waals surface area contributed by atoms with Gasteiger partial charge in [-0.25, -0.2) is 0 Å². The summed E-state index contributed by atoms with van der Waals surface area (Å²) in [7, 11) is 5.92. The average Bonchev–Trinajstić information content (AvgIpc) is 2.71. The minimum atomic E-state index is 0.521. The lowest BCUT2D eigenvalue weighted by Crippen LogP contribution is -2.28. The molecule has 3 heteroatoms. The molecule has 0 unspecified atom stereocenters. The van der Waals surface area contributed by atoms with Gasteiger partial charge in [-0.3, -0.25) is 0 Å².